The largest absolute Gasteiger partial charge is 0.342 e. The molecule has 0 fully saturated rings. The fourth-order valence-corrected chi connectivity index (χ4v) is 2.30. The molecule has 0 rings (SSSR count). The highest BCUT2D eigenvalue weighted by Crippen LogP contribution is 2.15. The maximum absolute atomic E-state index is 12.1. The second-order valence-corrected chi connectivity index (χ2v) is 5.75. The van der Waals surface area contributed by atoms with E-state index in [1.54, 1.807) is 11.9 Å². The van der Waals surface area contributed by atoms with Crippen LogP contribution in [0.5, 0.6) is 0 Å². The molecule has 0 heterocycles. The Morgan fingerprint density at radius 1 is 1.10 bits per heavy atom. The van der Waals surface area contributed by atoms with Crippen molar-refractivity contribution in [3.8, 4) is 0 Å². The summed E-state index contributed by atoms with van der Waals surface area (Å²) in [5, 5.41) is 0. The number of rotatable bonds is 9. The quantitative estimate of drug-likeness (QED) is 0.695. The van der Waals surface area contributed by atoms with E-state index in [0.717, 1.165) is 6.42 Å². The van der Waals surface area contributed by atoms with Gasteiger partial charge in [0.1, 0.15) is 0 Å². The lowest BCUT2D eigenvalue weighted by atomic mass is 9.94. The molecule has 0 unspecified atom stereocenters. The van der Waals surface area contributed by atoms with E-state index < -0.39 is 0 Å². The lowest BCUT2D eigenvalue weighted by Gasteiger charge is -2.25. The molecule has 0 aromatic heterocycles. The van der Waals surface area contributed by atoms with Crippen LogP contribution in [0, 0.1) is 11.8 Å². The van der Waals surface area contributed by atoms with E-state index in [0.29, 0.717) is 32.0 Å². The lowest BCUT2D eigenvalue weighted by Crippen LogP contribution is -2.41. The fourth-order valence-electron chi connectivity index (χ4n) is 2.30. The molecular weight excluding hydrogens is 254 g/mol. The molecule has 118 valence electrons. The van der Waals surface area contributed by atoms with Gasteiger partial charge in [-0.15, -0.1) is 0 Å². The fraction of sp³-hybridized carbons (Fsp3) is 0.867. The van der Waals surface area contributed by atoms with E-state index in [1.807, 2.05) is 13.8 Å². The summed E-state index contributed by atoms with van der Waals surface area (Å²) in [5.41, 5.74) is 5.72. The van der Waals surface area contributed by atoms with Crippen LogP contribution < -0.4 is 5.73 Å². The van der Waals surface area contributed by atoms with Gasteiger partial charge in [0.2, 0.25) is 11.8 Å². The molecule has 0 aliphatic carbocycles. The highest BCUT2D eigenvalue weighted by atomic mass is 16.2. The lowest BCUT2D eigenvalue weighted by molar-refractivity contribution is -0.139. The highest BCUT2D eigenvalue weighted by molar-refractivity contribution is 5.84. The van der Waals surface area contributed by atoms with Gasteiger partial charge in [-0.2, -0.15) is 0 Å². The van der Waals surface area contributed by atoms with Crippen molar-refractivity contribution < 1.29 is 9.59 Å². The molecule has 2 N–H and O–H groups in total. The third-order valence-electron chi connectivity index (χ3n) is 3.52. The van der Waals surface area contributed by atoms with Crippen LogP contribution >= 0.6 is 0 Å². The summed E-state index contributed by atoms with van der Waals surface area (Å²) in [5.74, 6) is 0.730. The van der Waals surface area contributed by atoms with Crippen LogP contribution in [0.25, 0.3) is 0 Å². The molecule has 20 heavy (non-hydrogen) atoms. The number of amides is 2. The average Bonchev–Trinajstić information content (AvgIpc) is 2.38. The van der Waals surface area contributed by atoms with Crippen LogP contribution in [0.2, 0.25) is 0 Å². The van der Waals surface area contributed by atoms with E-state index in [1.165, 1.54) is 4.90 Å². The number of carbonyl (C=O) groups is 2. The topological polar surface area (TPSA) is 66.6 Å². The smallest absolute Gasteiger partial charge is 0.242 e. The Morgan fingerprint density at radius 3 is 2.05 bits per heavy atom. The standard InChI is InChI=1S/C15H31N3O2/c1-6-18(7-2)15(20)11-17(5)14(19)9-13(10-16)8-12(3)4/h12-13H,6-11,16H2,1-5H3/t13-/m0/s1. The van der Waals surface area contributed by atoms with Crippen molar-refractivity contribution >= 4 is 11.8 Å². The minimum Gasteiger partial charge on any atom is -0.342 e. The summed E-state index contributed by atoms with van der Waals surface area (Å²) in [6.45, 7) is 10.2. The first-order chi connectivity index (χ1) is 9.35. The van der Waals surface area contributed by atoms with Crippen LogP contribution in [-0.4, -0.2) is 54.8 Å². The van der Waals surface area contributed by atoms with Gasteiger partial charge < -0.3 is 15.5 Å². The molecule has 1 atom stereocenters. The Kier molecular flexibility index (Phi) is 9.21. The molecule has 0 aliphatic rings. The monoisotopic (exact) mass is 285 g/mol. The summed E-state index contributed by atoms with van der Waals surface area (Å²) in [4.78, 5) is 27.3. The molecule has 0 saturated carbocycles. The molecule has 0 aromatic rings. The van der Waals surface area contributed by atoms with E-state index in [9.17, 15) is 9.59 Å². The molecule has 0 bridgehead atoms. The highest BCUT2D eigenvalue weighted by Gasteiger charge is 2.20. The zero-order valence-electron chi connectivity index (χ0n) is 13.7. The summed E-state index contributed by atoms with van der Waals surface area (Å²) >= 11 is 0. The van der Waals surface area contributed by atoms with Gasteiger partial charge in [0.25, 0.3) is 0 Å². The minimum absolute atomic E-state index is 0.000918. The minimum atomic E-state index is -0.000918. The number of hydrogen-bond donors (Lipinski definition) is 1. The van der Waals surface area contributed by atoms with Gasteiger partial charge in [0.15, 0.2) is 0 Å². The molecule has 0 aromatic carbocycles. The number of carbonyl (C=O) groups excluding carboxylic acids is 2. The Hall–Kier alpha value is -1.10. The van der Waals surface area contributed by atoms with Crippen LogP contribution in [-0.2, 0) is 9.59 Å². The van der Waals surface area contributed by atoms with E-state index in [4.69, 9.17) is 5.73 Å². The molecule has 0 saturated heterocycles. The predicted molar refractivity (Wildman–Crippen MR) is 82.2 cm³/mol. The summed E-state index contributed by atoms with van der Waals surface area (Å²) in [6, 6.07) is 0. The van der Waals surface area contributed by atoms with Crippen LogP contribution in [0.1, 0.15) is 40.5 Å². The first kappa shape index (κ1) is 18.9. The number of likely N-dealkylation sites (N-methyl/N-ethyl adjacent to an activating group) is 2. The third-order valence-corrected chi connectivity index (χ3v) is 3.52. The van der Waals surface area contributed by atoms with Gasteiger partial charge >= 0.3 is 0 Å². The first-order valence-electron chi connectivity index (χ1n) is 7.57. The van der Waals surface area contributed by atoms with Crippen molar-refractivity contribution in [3.63, 3.8) is 0 Å². The normalized spacial score (nSPS) is 12.3. The van der Waals surface area contributed by atoms with Gasteiger partial charge in [-0.25, -0.2) is 0 Å². The molecule has 0 aliphatic heterocycles. The molecule has 2 amide bonds. The predicted octanol–water partition coefficient (Wildman–Crippen LogP) is 1.32. The third kappa shape index (κ3) is 6.89. The van der Waals surface area contributed by atoms with Crippen LogP contribution in [0.15, 0.2) is 0 Å². The van der Waals surface area contributed by atoms with Crippen molar-refractivity contribution in [2.45, 2.75) is 40.5 Å². The Bertz CT molecular complexity index is 301. The number of nitrogens with two attached hydrogens (primary N) is 1. The van der Waals surface area contributed by atoms with Crippen molar-refractivity contribution in [2.24, 2.45) is 17.6 Å². The van der Waals surface area contributed by atoms with Crippen molar-refractivity contribution in [1.29, 1.82) is 0 Å². The first-order valence-corrected chi connectivity index (χ1v) is 7.57. The molecule has 5 heteroatoms. The average molecular weight is 285 g/mol. The van der Waals surface area contributed by atoms with Crippen LogP contribution in [0.3, 0.4) is 0 Å². The summed E-state index contributed by atoms with van der Waals surface area (Å²) in [6.07, 6.45) is 1.37. The van der Waals surface area contributed by atoms with Crippen molar-refractivity contribution in [1.82, 2.24) is 9.80 Å². The number of nitrogens with zero attached hydrogens (tertiary/aromatic N) is 2. The summed E-state index contributed by atoms with van der Waals surface area (Å²) in [7, 11) is 1.69. The maximum atomic E-state index is 12.1. The zero-order chi connectivity index (χ0) is 15.7. The maximum Gasteiger partial charge on any atom is 0.242 e. The van der Waals surface area contributed by atoms with E-state index in [-0.39, 0.29) is 24.3 Å². The van der Waals surface area contributed by atoms with E-state index >= 15 is 0 Å². The van der Waals surface area contributed by atoms with E-state index in [2.05, 4.69) is 13.8 Å². The molecule has 0 radical (unpaired) electrons. The van der Waals surface area contributed by atoms with Crippen LogP contribution in [0.4, 0.5) is 0 Å². The Balaban J connectivity index is 4.36. The summed E-state index contributed by atoms with van der Waals surface area (Å²) < 4.78 is 0. The SMILES string of the molecule is CCN(CC)C(=O)CN(C)C(=O)C[C@@H](CN)CC(C)C. The van der Waals surface area contributed by atoms with Crippen molar-refractivity contribution in [2.75, 3.05) is 33.2 Å². The number of hydrogen-bond acceptors (Lipinski definition) is 3. The second kappa shape index (κ2) is 9.75. The molecule has 5 nitrogen and oxygen atoms in total. The van der Waals surface area contributed by atoms with Gasteiger partial charge in [0, 0.05) is 26.6 Å². The zero-order valence-corrected chi connectivity index (χ0v) is 13.7. The van der Waals surface area contributed by atoms with Gasteiger partial charge in [-0.05, 0) is 38.6 Å². The van der Waals surface area contributed by atoms with Gasteiger partial charge in [-0.3, -0.25) is 9.59 Å². The van der Waals surface area contributed by atoms with Gasteiger partial charge in [0.05, 0.1) is 6.54 Å². The molecular formula is C15H31N3O2. The molecule has 0 spiro atoms. The second-order valence-electron chi connectivity index (χ2n) is 5.75. The Labute approximate surface area is 123 Å². The van der Waals surface area contributed by atoms with Crippen molar-refractivity contribution in [3.05, 3.63) is 0 Å². The Morgan fingerprint density at radius 2 is 1.65 bits per heavy atom. The van der Waals surface area contributed by atoms with Gasteiger partial charge in [-0.1, -0.05) is 13.8 Å².